The van der Waals surface area contributed by atoms with Gasteiger partial charge < -0.3 is 0 Å². The molecule has 0 saturated carbocycles. The van der Waals surface area contributed by atoms with E-state index in [1.54, 1.807) is 6.33 Å². The molecule has 2 atom stereocenters. The van der Waals surface area contributed by atoms with Gasteiger partial charge in [0.05, 0.1) is 6.04 Å². The van der Waals surface area contributed by atoms with Crippen molar-refractivity contribution < 1.29 is 0 Å². The Balaban J connectivity index is 1.94. The summed E-state index contributed by atoms with van der Waals surface area (Å²) in [5.41, 5.74) is 3.96. The molecule has 1 aromatic heterocycles. The van der Waals surface area contributed by atoms with E-state index in [0.717, 1.165) is 17.8 Å². The fourth-order valence-electron chi connectivity index (χ4n) is 3.08. The highest BCUT2D eigenvalue weighted by Gasteiger charge is 2.43. The van der Waals surface area contributed by atoms with Crippen LogP contribution >= 0.6 is 0 Å². The van der Waals surface area contributed by atoms with E-state index in [1.807, 2.05) is 4.68 Å². The molecule has 78 valence electrons. The van der Waals surface area contributed by atoms with Crippen LogP contribution in [0.4, 0.5) is 0 Å². The zero-order valence-corrected chi connectivity index (χ0v) is 8.80. The lowest BCUT2D eigenvalue weighted by molar-refractivity contribution is 0.479. The summed E-state index contributed by atoms with van der Waals surface area (Å²) in [5, 5.41) is 4.32. The van der Waals surface area contributed by atoms with E-state index >= 15 is 0 Å². The number of hydrogen-bond acceptors (Lipinski definition) is 2. The van der Waals surface area contributed by atoms with Crippen LogP contribution in [-0.4, -0.2) is 14.8 Å². The minimum atomic E-state index is 0.396. The van der Waals surface area contributed by atoms with Crippen LogP contribution in [0.5, 0.6) is 0 Å². The molecule has 16 heavy (non-hydrogen) atoms. The second-order valence-electron chi connectivity index (χ2n) is 4.50. The molecule has 2 aromatic rings. The largest absolute Gasteiger partial charge is 0.242 e. The van der Waals surface area contributed by atoms with Gasteiger partial charge in [-0.05, 0) is 23.1 Å². The van der Waals surface area contributed by atoms with Gasteiger partial charge in [0.25, 0.3) is 0 Å². The van der Waals surface area contributed by atoms with Crippen molar-refractivity contribution in [3.8, 4) is 0 Å². The number of hydrogen-bond donors (Lipinski definition) is 0. The van der Waals surface area contributed by atoms with Crippen LogP contribution in [0.2, 0.25) is 0 Å². The highest BCUT2D eigenvalue weighted by atomic mass is 15.4. The summed E-state index contributed by atoms with van der Waals surface area (Å²) in [7, 11) is 0. The summed E-state index contributed by atoms with van der Waals surface area (Å²) in [4.78, 5) is 4.29. The Morgan fingerprint density at radius 1 is 1.31 bits per heavy atom. The fourth-order valence-corrected chi connectivity index (χ4v) is 3.08. The molecule has 0 bridgehead atoms. The standard InChI is InChI=1S/C13H11N3/c1-8-12-10-5-3-2-4-9(10)6-11(12)16-13(8)14-7-15-16/h2-5,7,11-12H,1,6H2. The minimum absolute atomic E-state index is 0.396. The molecule has 0 spiro atoms. The Labute approximate surface area is 93.4 Å². The molecule has 0 saturated heterocycles. The summed E-state index contributed by atoms with van der Waals surface area (Å²) in [6, 6.07) is 9.02. The third-order valence-electron chi connectivity index (χ3n) is 3.75. The Morgan fingerprint density at radius 3 is 3.12 bits per heavy atom. The molecule has 3 nitrogen and oxygen atoms in total. The van der Waals surface area contributed by atoms with E-state index in [4.69, 9.17) is 0 Å². The molecule has 4 rings (SSSR count). The van der Waals surface area contributed by atoms with E-state index < -0.39 is 0 Å². The number of aromatic nitrogens is 3. The summed E-state index contributed by atoms with van der Waals surface area (Å²) >= 11 is 0. The first-order chi connectivity index (χ1) is 7.86. The van der Waals surface area contributed by atoms with Crippen LogP contribution in [0.15, 0.2) is 37.2 Å². The Morgan fingerprint density at radius 2 is 2.19 bits per heavy atom. The first kappa shape index (κ1) is 8.28. The second-order valence-corrected chi connectivity index (χ2v) is 4.50. The van der Waals surface area contributed by atoms with Gasteiger partial charge in [0.15, 0.2) is 5.82 Å². The van der Waals surface area contributed by atoms with E-state index in [2.05, 4.69) is 40.9 Å². The first-order valence-electron chi connectivity index (χ1n) is 5.53. The second kappa shape index (κ2) is 2.61. The molecule has 1 aliphatic heterocycles. The van der Waals surface area contributed by atoms with Crippen LogP contribution in [0.25, 0.3) is 5.57 Å². The topological polar surface area (TPSA) is 30.7 Å². The lowest BCUT2D eigenvalue weighted by Gasteiger charge is -2.10. The van der Waals surface area contributed by atoms with E-state index in [1.165, 1.54) is 11.1 Å². The fraction of sp³-hybridized carbons (Fsp3) is 0.231. The van der Waals surface area contributed by atoms with Gasteiger partial charge in [0, 0.05) is 5.92 Å². The van der Waals surface area contributed by atoms with Crippen LogP contribution in [0.1, 0.15) is 28.9 Å². The predicted molar refractivity (Wildman–Crippen MR) is 61.0 cm³/mol. The third-order valence-corrected chi connectivity index (χ3v) is 3.75. The highest BCUT2D eigenvalue weighted by Crippen LogP contribution is 2.52. The summed E-state index contributed by atoms with van der Waals surface area (Å²) < 4.78 is 2.03. The maximum absolute atomic E-state index is 4.32. The molecular weight excluding hydrogens is 198 g/mol. The summed E-state index contributed by atoms with van der Waals surface area (Å²) in [6.07, 6.45) is 2.68. The average molecular weight is 209 g/mol. The molecule has 1 aliphatic carbocycles. The summed E-state index contributed by atoms with van der Waals surface area (Å²) in [5.74, 6) is 1.36. The highest BCUT2D eigenvalue weighted by molar-refractivity contribution is 5.71. The Bertz CT molecular complexity index is 597. The predicted octanol–water partition coefficient (Wildman–Crippen LogP) is 2.19. The lowest BCUT2D eigenvalue weighted by atomic mass is 9.94. The van der Waals surface area contributed by atoms with Gasteiger partial charge in [-0.2, -0.15) is 5.10 Å². The van der Waals surface area contributed by atoms with Crippen molar-refractivity contribution in [1.82, 2.24) is 14.8 Å². The number of benzene rings is 1. The monoisotopic (exact) mass is 209 g/mol. The number of rotatable bonds is 0. The van der Waals surface area contributed by atoms with Crippen molar-refractivity contribution in [2.75, 3.05) is 0 Å². The van der Waals surface area contributed by atoms with Crippen molar-refractivity contribution in [1.29, 1.82) is 0 Å². The Hall–Kier alpha value is -1.90. The van der Waals surface area contributed by atoms with E-state index in [0.29, 0.717) is 12.0 Å². The van der Waals surface area contributed by atoms with Gasteiger partial charge in [0.1, 0.15) is 6.33 Å². The van der Waals surface area contributed by atoms with Gasteiger partial charge in [-0.1, -0.05) is 30.8 Å². The normalized spacial score (nSPS) is 25.4. The average Bonchev–Trinajstić information content (AvgIpc) is 2.95. The van der Waals surface area contributed by atoms with Crippen molar-refractivity contribution in [3.63, 3.8) is 0 Å². The number of nitrogens with zero attached hydrogens (tertiary/aromatic N) is 3. The molecule has 3 heteroatoms. The molecule has 0 radical (unpaired) electrons. The molecule has 0 amide bonds. The molecule has 0 N–H and O–H groups in total. The van der Waals surface area contributed by atoms with Crippen molar-refractivity contribution in [2.24, 2.45) is 0 Å². The maximum Gasteiger partial charge on any atom is 0.154 e. The molecule has 2 unspecified atom stereocenters. The van der Waals surface area contributed by atoms with Gasteiger partial charge in [-0.3, -0.25) is 0 Å². The molecule has 1 aromatic carbocycles. The SMILES string of the molecule is C=C1c2ncnn2C2Cc3ccccc3C12. The van der Waals surface area contributed by atoms with Gasteiger partial charge in [-0.15, -0.1) is 0 Å². The maximum atomic E-state index is 4.32. The zero-order valence-electron chi connectivity index (χ0n) is 8.80. The molecule has 2 heterocycles. The number of fused-ring (bicyclic) bond motifs is 5. The third kappa shape index (κ3) is 0.803. The van der Waals surface area contributed by atoms with Crippen molar-refractivity contribution >= 4 is 5.57 Å². The summed E-state index contributed by atoms with van der Waals surface area (Å²) in [6.45, 7) is 4.19. The Kier molecular flexibility index (Phi) is 1.35. The van der Waals surface area contributed by atoms with Gasteiger partial charge in [0.2, 0.25) is 0 Å². The molecular formula is C13H11N3. The quantitative estimate of drug-likeness (QED) is 0.665. The zero-order chi connectivity index (χ0) is 10.7. The first-order valence-corrected chi connectivity index (χ1v) is 5.53. The van der Waals surface area contributed by atoms with E-state index in [-0.39, 0.29) is 0 Å². The van der Waals surface area contributed by atoms with Crippen LogP contribution in [-0.2, 0) is 6.42 Å². The van der Waals surface area contributed by atoms with Crippen LogP contribution in [0.3, 0.4) is 0 Å². The van der Waals surface area contributed by atoms with Crippen molar-refractivity contribution in [2.45, 2.75) is 18.4 Å². The van der Waals surface area contributed by atoms with Crippen LogP contribution in [0, 0.1) is 0 Å². The number of allylic oxidation sites excluding steroid dienone is 1. The molecule has 2 aliphatic rings. The lowest BCUT2D eigenvalue weighted by Crippen LogP contribution is -2.08. The van der Waals surface area contributed by atoms with E-state index in [9.17, 15) is 0 Å². The molecule has 0 fully saturated rings. The van der Waals surface area contributed by atoms with Crippen molar-refractivity contribution in [3.05, 3.63) is 54.1 Å². The van der Waals surface area contributed by atoms with Gasteiger partial charge >= 0.3 is 0 Å². The van der Waals surface area contributed by atoms with Crippen LogP contribution < -0.4 is 0 Å². The smallest absolute Gasteiger partial charge is 0.154 e. The minimum Gasteiger partial charge on any atom is -0.242 e. The van der Waals surface area contributed by atoms with Gasteiger partial charge in [-0.25, -0.2) is 9.67 Å².